The monoisotopic (exact) mass is 439 g/mol. The summed E-state index contributed by atoms with van der Waals surface area (Å²) in [6.07, 6.45) is 4.82. The SMILES string of the molecule is COc1cc2nc3c(c(NC4CCN(c5ccc(F)cc5F)CC4)c2cc1OC)CCC3. The van der Waals surface area contributed by atoms with Crippen LogP contribution in [0, 0.1) is 11.6 Å². The highest BCUT2D eigenvalue weighted by atomic mass is 19.1. The van der Waals surface area contributed by atoms with E-state index < -0.39 is 11.6 Å². The minimum Gasteiger partial charge on any atom is -0.493 e. The highest BCUT2D eigenvalue weighted by Crippen LogP contribution is 2.40. The van der Waals surface area contributed by atoms with Gasteiger partial charge in [0.05, 0.1) is 25.4 Å². The zero-order chi connectivity index (χ0) is 22.2. The summed E-state index contributed by atoms with van der Waals surface area (Å²) in [4.78, 5) is 6.90. The zero-order valence-electron chi connectivity index (χ0n) is 18.4. The van der Waals surface area contributed by atoms with Gasteiger partial charge in [0.2, 0.25) is 0 Å². The van der Waals surface area contributed by atoms with Crippen molar-refractivity contribution in [2.45, 2.75) is 38.1 Å². The molecule has 2 aromatic carbocycles. The molecule has 7 heteroatoms. The molecular weight excluding hydrogens is 412 g/mol. The molecule has 0 unspecified atom stereocenters. The molecule has 32 heavy (non-hydrogen) atoms. The van der Waals surface area contributed by atoms with E-state index in [1.807, 2.05) is 17.0 Å². The van der Waals surface area contributed by atoms with E-state index in [9.17, 15) is 8.78 Å². The molecule has 0 spiro atoms. The van der Waals surface area contributed by atoms with Gasteiger partial charge in [-0.1, -0.05) is 0 Å². The maximum absolute atomic E-state index is 14.2. The van der Waals surface area contributed by atoms with Crippen LogP contribution in [0.5, 0.6) is 11.5 Å². The van der Waals surface area contributed by atoms with Crippen molar-refractivity contribution in [2.24, 2.45) is 0 Å². The Kier molecular flexibility index (Phi) is 5.49. The van der Waals surface area contributed by atoms with Crippen LogP contribution in [0.15, 0.2) is 30.3 Å². The first-order valence-electron chi connectivity index (χ1n) is 11.1. The zero-order valence-corrected chi connectivity index (χ0v) is 18.4. The van der Waals surface area contributed by atoms with E-state index in [4.69, 9.17) is 14.5 Å². The van der Waals surface area contributed by atoms with Gasteiger partial charge < -0.3 is 19.7 Å². The molecule has 5 rings (SSSR count). The third-order valence-corrected chi connectivity index (χ3v) is 6.61. The van der Waals surface area contributed by atoms with Gasteiger partial charge in [0.15, 0.2) is 11.5 Å². The maximum atomic E-state index is 14.2. The van der Waals surface area contributed by atoms with Gasteiger partial charge in [0, 0.05) is 48.0 Å². The molecule has 0 radical (unpaired) electrons. The largest absolute Gasteiger partial charge is 0.493 e. The van der Waals surface area contributed by atoms with Crippen molar-refractivity contribution in [3.63, 3.8) is 0 Å². The Morgan fingerprint density at radius 3 is 2.47 bits per heavy atom. The molecule has 168 valence electrons. The summed E-state index contributed by atoms with van der Waals surface area (Å²) in [5, 5.41) is 4.83. The highest BCUT2D eigenvalue weighted by Gasteiger charge is 2.26. The molecule has 0 saturated carbocycles. The molecule has 1 aliphatic carbocycles. The molecule has 0 atom stereocenters. The molecule has 3 aromatic rings. The topological polar surface area (TPSA) is 46.6 Å². The van der Waals surface area contributed by atoms with Crippen LogP contribution >= 0.6 is 0 Å². The Hall–Kier alpha value is -3.09. The number of hydrogen-bond acceptors (Lipinski definition) is 5. The number of piperidine rings is 1. The van der Waals surface area contributed by atoms with Gasteiger partial charge in [-0.2, -0.15) is 0 Å². The van der Waals surface area contributed by atoms with Gasteiger partial charge in [-0.25, -0.2) is 8.78 Å². The fraction of sp³-hybridized carbons (Fsp3) is 0.400. The van der Waals surface area contributed by atoms with E-state index in [2.05, 4.69) is 5.32 Å². The third-order valence-electron chi connectivity index (χ3n) is 6.61. The van der Waals surface area contributed by atoms with E-state index in [1.54, 1.807) is 14.2 Å². The summed E-state index contributed by atoms with van der Waals surface area (Å²) in [5.74, 6) is 0.305. The van der Waals surface area contributed by atoms with Gasteiger partial charge in [0.25, 0.3) is 0 Å². The lowest BCUT2D eigenvalue weighted by Crippen LogP contribution is -2.39. The van der Waals surface area contributed by atoms with Crippen LogP contribution in [-0.2, 0) is 12.8 Å². The fourth-order valence-corrected chi connectivity index (χ4v) is 4.96. The number of pyridine rings is 1. The van der Waals surface area contributed by atoms with Crippen LogP contribution in [0.2, 0.25) is 0 Å². The standard InChI is InChI=1S/C25H27F2N3O2/c1-31-23-13-18-21(14-24(23)32-2)29-20-5-3-4-17(20)25(18)28-16-8-10-30(11-9-16)22-7-6-15(26)12-19(22)27/h6-7,12-14,16H,3-5,8-11H2,1-2H3,(H,28,29). The van der Waals surface area contributed by atoms with Crippen LogP contribution in [0.25, 0.3) is 10.9 Å². The first-order chi connectivity index (χ1) is 15.6. The summed E-state index contributed by atoms with van der Waals surface area (Å²) >= 11 is 0. The Balaban J connectivity index is 1.42. The first kappa shape index (κ1) is 20.8. The van der Waals surface area contributed by atoms with Crippen LogP contribution in [0.4, 0.5) is 20.2 Å². The van der Waals surface area contributed by atoms with E-state index in [1.165, 1.54) is 17.7 Å². The number of halogens is 2. The molecule has 2 aliphatic rings. The van der Waals surface area contributed by atoms with Crippen LogP contribution in [-0.4, -0.2) is 38.3 Å². The molecule has 5 nitrogen and oxygen atoms in total. The van der Waals surface area contributed by atoms with Gasteiger partial charge in [-0.3, -0.25) is 4.98 Å². The summed E-state index contributed by atoms with van der Waals surface area (Å²) < 4.78 is 38.5. The first-order valence-corrected chi connectivity index (χ1v) is 11.1. The summed E-state index contributed by atoms with van der Waals surface area (Å²) in [7, 11) is 3.27. The van der Waals surface area contributed by atoms with E-state index in [0.717, 1.165) is 60.5 Å². The summed E-state index contributed by atoms with van der Waals surface area (Å²) in [6.45, 7) is 1.42. The lowest BCUT2D eigenvalue weighted by Gasteiger charge is -2.35. The van der Waals surface area contributed by atoms with Crippen molar-refractivity contribution >= 4 is 22.3 Å². The second-order valence-corrected chi connectivity index (χ2v) is 8.49. The number of nitrogens with one attached hydrogen (secondary N) is 1. The number of methoxy groups -OCH3 is 2. The summed E-state index contributed by atoms with van der Waals surface area (Å²) in [5.41, 5.74) is 4.94. The molecule has 1 fully saturated rings. The van der Waals surface area contributed by atoms with Crippen molar-refractivity contribution in [3.8, 4) is 11.5 Å². The third kappa shape index (κ3) is 3.70. The minimum absolute atomic E-state index is 0.262. The lowest BCUT2D eigenvalue weighted by molar-refractivity contribution is 0.356. The molecule has 0 bridgehead atoms. The van der Waals surface area contributed by atoms with Crippen LogP contribution in [0.1, 0.15) is 30.5 Å². The van der Waals surface area contributed by atoms with Gasteiger partial charge in [-0.15, -0.1) is 0 Å². The van der Waals surface area contributed by atoms with E-state index in [0.29, 0.717) is 30.3 Å². The second-order valence-electron chi connectivity index (χ2n) is 8.49. The minimum atomic E-state index is -0.548. The average Bonchev–Trinajstić information content (AvgIpc) is 3.27. The second kappa shape index (κ2) is 8.45. The van der Waals surface area contributed by atoms with Crippen molar-refractivity contribution < 1.29 is 18.3 Å². The van der Waals surface area contributed by atoms with Gasteiger partial charge in [-0.05, 0) is 55.9 Å². The van der Waals surface area contributed by atoms with Crippen molar-refractivity contribution in [2.75, 3.05) is 37.5 Å². The number of hydrogen-bond donors (Lipinski definition) is 1. The maximum Gasteiger partial charge on any atom is 0.162 e. The highest BCUT2D eigenvalue weighted by molar-refractivity contribution is 5.96. The Labute approximate surface area is 186 Å². The van der Waals surface area contributed by atoms with Crippen LogP contribution < -0.4 is 19.7 Å². The predicted molar refractivity (Wildman–Crippen MR) is 122 cm³/mol. The summed E-state index contributed by atoms with van der Waals surface area (Å²) in [6, 6.07) is 8.01. The smallest absolute Gasteiger partial charge is 0.162 e. The number of rotatable bonds is 5. The Morgan fingerprint density at radius 2 is 1.75 bits per heavy atom. The molecule has 2 heterocycles. The molecule has 1 N–H and O–H groups in total. The fourth-order valence-electron chi connectivity index (χ4n) is 4.96. The van der Waals surface area contributed by atoms with E-state index in [-0.39, 0.29) is 6.04 Å². The Morgan fingerprint density at radius 1 is 1.00 bits per heavy atom. The number of aromatic nitrogens is 1. The molecule has 0 amide bonds. The number of aryl methyl sites for hydroxylation is 1. The van der Waals surface area contributed by atoms with Crippen molar-refractivity contribution in [1.82, 2.24) is 4.98 Å². The molecular formula is C25H27F2N3O2. The number of ether oxygens (including phenoxy) is 2. The normalized spacial score (nSPS) is 16.3. The number of anilines is 2. The van der Waals surface area contributed by atoms with Gasteiger partial charge in [0.1, 0.15) is 11.6 Å². The van der Waals surface area contributed by atoms with Crippen molar-refractivity contribution in [1.29, 1.82) is 0 Å². The van der Waals surface area contributed by atoms with Gasteiger partial charge >= 0.3 is 0 Å². The Bertz CT molecular complexity index is 1160. The predicted octanol–water partition coefficient (Wildman–Crippen LogP) is 5.10. The quantitative estimate of drug-likeness (QED) is 0.599. The van der Waals surface area contributed by atoms with E-state index >= 15 is 0 Å². The molecule has 1 saturated heterocycles. The number of benzene rings is 2. The van der Waals surface area contributed by atoms with Crippen molar-refractivity contribution in [3.05, 3.63) is 53.2 Å². The average molecular weight is 440 g/mol. The van der Waals surface area contributed by atoms with Crippen LogP contribution in [0.3, 0.4) is 0 Å². The lowest BCUT2D eigenvalue weighted by atomic mass is 10.0. The number of fused-ring (bicyclic) bond motifs is 2. The molecule has 1 aliphatic heterocycles. The molecule has 1 aromatic heterocycles. The number of nitrogens with zero attached hydrogens (tertiary/aromatic N) is 2.